The second-order valence-electron chi connectivity index (χ2n) is 7.17. The van der Waals surface area contributed by atoms with Crippen molar-refractivity contribution >= 4 is 16.0 Å². The third-order valence-corrected chi connectivity index (χ3v) is 5.86. The van der Waals surface area contributed by atoms with Crippen LogP contribution < -0.4 is 10.0 Å². The predicted octanol–water partition coefficient (Wildman–Crippen LogP) is 2.06. The fraction of sp³-hybridized carbons (Fsp3) is 0.450. The molecular formula is C20H31N5O2S. The van der Waals surface area contributed by atoms with Crippen LogP contribution in [0, 0.1) is 0 Å². The Morgan fingerprint density at radius 3 is 2.43 bits per heavy atom. The number of hydrogen-bond donors (Lipinski definition) is 2. The Labute approximate surface area is 168 Å². The molecule has 1 heterocycles. The summed E-state index contributed by atoms with van der Waals surface area (Å²) in [5.74, 6) is 0.708. The quantitative estimate of drug-likeness (QED) is 0.521. The molecule has 0 aliphatic carbocycles. The summed E-state index contributed by atoms with van der Waals surface area (Å²) in [4.78, 5) is 6.39. The first-order chi connectivity index (χ1) is 13.2. The minimum Gasteiger partial charge on any atom is -0.353 e. The number of sulfonamides is 1. The van der Waals surface area contributed by atoms with E-state index in [2.05, 4.69) is 25.7 Å². The van der Waals surface area contributed by atoms with Gasteiger partial charge in [0.05, 0.1) is 12.3 Å². The smallest absolute Gasteiger partial charge is 0.216 e. The van der Waals surface area contributed by atoms with Crippen molar-refractivity contribution in [2.75, 3.05) is 14.1 Å². The number of nitrogens with one attached hydrogen (secondary N) is 2. The molecule has 1 aromatic carbocycles. The Balaban J connectivity index is 2.06. The molecule has 0 radical (unpaired) electrons. The molecule has 2 aromatic rings. The van der Waals surface area contributed by atoms with Gasteiger partial charge in [-0.3, -0.25) is 4.99 Å². The second-order valence-corrected chi connectivity index (χ2v) is 8.92. The summed E-state index contributed by atoms with van der Waals surface area (Å²) in [5, 5.41) is 3.34. The van der Waals surface area contributed by atoms with E-state index in [4.69, 9.17) is 0 Å². The number of rotatable bonds is 8. The highest BCUT2D eigenvalue weighted by molar-refractivity contribution is 7.88. The summed E-state index contributed by atoms with van der Waals surface area (Å²) >= 11 is 0. The van der Waals surface area contributed by atoms with Crippen molar-refractivity contribution in [1.29, 1.82) is 0 Å². The lowest BCUT2D eigenvalue weighted by molar-refractivity contribution is 0.461. The van der Waals surface area contributed by atoms with E-state index in [1.165, 1.54) is 5.69 Å². The van der Waals surface area contributed by atoms with Crippen LogP contribution in [-0.4, -0.2) is 44.0 Å². The van der Waals surface area contributed by atoms with E-state index in [9.17, 15) is 8.42 Å². The molecule has 7 nitrogen and oxygen atoms in total. The zero-order valence-corrected chi connectivity index (χ0v) is 18.1. The first kappa shape index (κ1) is 22.0. The standard InChI is InChI=1S/C20H31N5O2S/c1-16(2)23-28(26,27)15-18-10-7-6-9-17(18)13-22-20(21-3)25(5)14-19-11-8-12-24(19)4/h6-12,16,23H,13-15H2,1-5H3,(H,21,22). The minimum absolute atomic E-state index is 0.0408. The summed E-state index contributed by atoms with van der Waals surface area (Å²) < 4.78 is 29.3. The number of benzene rings is 1. The zero-order chi connectivity index (χ0) is 20.7. The average Bonchev–Trinajstić information content (AvgIpc) is 3.00. The Morgan fingerprint density at radius 1 is 1.18 bits per heavy atom. The largest absolute Gasteiger partial charge is 0.353 e. The molecule has 1 aromatic heterocycles. The highest BCUT2D eigenvalue weighted by Crippen LogP contribution is 2.13. The van der Waals surface area contributed by atoms with Crippen molar-refractivity contribution in [2.45, 2.75) is 38.7 Å². The van der Waals surface area contributed by atoms with Gasteiger partial charge < -0.3 is 14.8 Å². The van der Waals surface area contributed by atoms with Gasteiger partial charge in [-0.05, 0) is 37.1 Å². The molecule has 0 spiro atoms. The van der Waals surface area contributed by atoms with Gasteiger partial charge in [0.25, 0.3) is 0 Å². The van der Waals surface area contributed by atoms with Gasteiger partial charge in [0.1, 0.15) is 0 Å². The predicted molar refractivity (Wildman–Crippen MR) is 114 cm³/mol. The Morgan fingerprint density at radius 2 is 1.86 bits per heavy atom. The Bertz CT molecular complexity index is 903. The molecule has 0 saturated heterocycles. The number of guanidine groups is 1. The molecular weight excluding hydrogens is 374 g/mol. The van der Waals surface area contributed by atoms with Gasteiger partial charge in [0, 0.05) is 45.6 Å². The maximum atomic E-state index is 12.3. The topological polar surface area (TPSA) is 78.7 Å². The van der Waals surface area contributed by atoms with Crippen LogP contribution in [-0.2, 0) is 35.9 Å². The highest BCUT2D eigenvalue weighted by atomic mass is 32.2. The van der Waals surface area contributed by atoms with Gasteiger partial charge in [0.2, 0.25) is 10.0 Å². The monoisotopic (exact) mass is 405 g/mol. The van der Waals surface area contributed by atoms with Crippen LogP contribution in [0.5, 0.6) is 0 Å². The lowest BCUT2D eigenvalue weighted by Crippen LogP contribution is -2.38. The molecule has 0 saturated carbocycles. The molecule has 2 N–H and O–H groups in total. The molecule has 2 rings (SSSR count). The first-order valence-corrected chi connectivity index (χ1v) is 11.0. The SMILES string of the molecule is CN=C(NCc1ccccc1CS(=O)(=O)NC(C)C)N(C)Cc1cccn1C. The molecule has 28 heavy (non-hydrogen) atoms. The third kappa shape index (κ3) is 6.38. The highest BCUT2D eigenvalue weighted by Gasteiger charge is 2.16. The number of nitrogens with zero attached hydrogens (tertiary/aromatic N) is 3. The molecule has 0 atom stereocenters. The van der Waals surface area contributed by atoms with E-state index < -0.39 is 10.0 Å². The van der Waals surface area contributed by atoms with E-state index in [-0.39, 0.29) is 11.8 Å². The summed E-state index contributed by atoms with van der Waals surface area (Å²) in [6.45, 7) is 4.85. The van der Waals surface area contributed by atoms with Crippen LogP contribution in [0.4, 0.5) is 0 Å². The van der Waals surface area contributed by atoms with Gasteiger partial charge in [-0.25, -0.2) is 13.1 Å². The van der Waals surface area contributed by atoms with Crippen molar-refractivity contribution in [3.63, 3.8) is 0 Å². The van der Waals surface area contributed by atoms with Crippen LogP contribution in [0.3, 0.4) is 0 Å². The van der Waals surface area contributed by atoms with E-state index >= 15 is 0 Å². The molecule has 0 unspecified atom stereocenters. The number of aliphatic imine (C=N–C) groups is 1. The van der Waals surface area contributed by atoms with Crippen molar-refractivity contribution < 1.29 is 8.42 Å². The second kappa shape index (κ2) is 9.75. The van der Waals surface area contributed by atoms with Crippen LogP contribution in [0.1, 0.15) is 30.7 Å². The van der Waals surface area contributed by atoms with E-state index in [0.717, 1.165) is 23.6 Å². The van der Waals surface area contributed by atoms with Crippen LogP contribution >= 0.6 is 0 Å². The van der Waals surface area contributed by atoms with Gasteiger partial charge in [-0.2, -0.15) is 0 Å². The van der Waals surface area contributed by atoms with Crippen molar-refractivity contribution in [1.82, 2.24) is 19.5 Å². The lowest BCUT2D eigenvalue weighted by Gasteiger charge is -2.23. The van der Waals surface area contributed by atoms with Crippen LogP contribution in [0.25, 0.3) is 0 Å². The van der Waals surface area contributed by atoms with Gasteiger partial charge in [-0.1, -0.05) is 24.3 Å². The normalized spacial score (nSPS) is 12.4. The number of aromatic nitrogens is 1. The van der Waals surface area contributed by atoms with E-state index in [1.807, 2.05) is 69.4 Å². The Hall–Kier alpha value is -2.32. The number of hydrogen-bond acceptors (Lipinski definition) is 3. The zero-order valence-electron chi connectivity index (χ0n) is 17.3. The summed E-state index contributed by atoms with van der Waals surface area (Å²) in [7, 11) is 2.36. The van der Waals surface area contributed by atoms with Crippen LogP contribution in [0.2, 0.25) is 0 Å². The summed E-state index contributed by atoms with van der Waals surface area (Å²) in [6.07, 6.45) is 2.02. The Kier molecular flexibility index (Phi) is 7.65. The third-order valence-electron chi connectivity index (χ3n) is 4.34. The van der Waals surface area contributed by atoms with Crippen molar-refractivity contribution in [2.24, 2.45) is 12.0 Å². The first-order valence-electron chi connectivity index (χ1n) is 9.30. The van der Waals surface area contributed by atoms with Gasteiger partial charge >= 0.3 is 0 Å². The van der Waals surface area contributed by atoms with Crippen molar-refractivity contribution in [3.8, 4) is 0 Å². The molecule has 0 fully saturated rings. The molecule has 8 heteroatoms. The summed E-state index contributed by atoms with van der Waals surface area (Å²) in [6, 6.07) is 11.5. The van der Waals surface area contributed by atoms with Gasteiger partial charge in [-0.15, -0.1) is 0 Å². The maximum absolute atomic E-state index is 12.3. The maximum Gasteiger partial charge on any atom is 0.216 e. The molecule has 0 aliphatic rings. The van der Waals surface area contributed by atoms with Crippen molar-refractivity contribution in [3.05, 3.63) is 59.4 Å². The molecule has 0 amide bonds. The lowest BCUT2D eigenvalue weighted by atomic mass is 10.1. The fourth-order valence-corrected chi connectivity index (χ4v) is 4.51. The van der Waals surface area contributed by atoms with E-state index in [0.29, 0.717) is 6.54 Å². The molecule has 0 aliphatic heterocycles. The minimum atomic E-state index is -3.38. The fourth-order valence-electron chi connectivity index (χ4n) is 3.01. The van der Waals surface area contributed by atoms with Crippen LogP contribution in [0.15, 0.2) is 47.6 Å². The molecule has 154 valence electrons. The molecule has 0 bridgehead atoms. The number of aryl methyl sites for hydroxylation is 1. The van der Waals surface area contributed by atoms with E-state index in [1.54, 1.807) is 7.05 Å². The summed E-state index contributed by atoms with van der Waals surface area (Å²) in [5.41, 5.74) is 2.89. The van der Waals surface area contributed by atoms with Gasteiger partial charge in [0.15, 0.2) is 5.96 Å². The average molecular weight is 406 g/mol.